The van der Waals surface area contributed by atoms with Crippen LogP contribution in [-0.2, 0) is 16.4 Å². The zero-order valence-corrected chi connectivity index (χ0v) is 21.0. The molecule has 1 saturated heterocycles. The van der Waals surface area contributed by atoms with E-state index in [1.54, 1.807) is 37.1 Å². The topological polar surface area (TPSA) is 113 Å². The molecule has 1 fully saturated rings. The summed E-state index contributed by atoms with van der Waals surface area (Å²) in [5.74, 6) is 1.83. The van der Waals surface area contributed by atoms with Gasteiger partial charge >= 0.3 is 0 Å². The quantitative estimate of drug-likeness (QED) is 0.466. The Morgan fingerprint density at radius 2 is 1.69 bits per heavy atom. The number of piperazine rings is 1. The molecule has 4 rings (SSSR count). The summed E-state index contributed by atoms with van der Waals surface area (Å²) in [7, 11) is -3.55. The maximum Gasteiger partial charge on any atom is 0.253 e. The van der Waals surface area contributed by atoms with Crippen LogP contribution in [0.2, 0.25) is 0 Å². The number of carbonyl (C=O) groups excluding carboxylic acids is 1. The van der Waals surface area contributed by atoms with E-state index in [4.69, 9.17) is 4.52 Å². The van der Waals surface area contributed by atoms with Crippen LogP contribution in [0.25, 0.3) is 11.4 Å². The molecule has 1 amide bonds. The van der Waals surface area contributed by atoms with Gasteiger partial charge in [0.1, 0.15) is 5.82 Å². The van der Waals surface area contributed by atoms with Gasteiger partial charge in [0.2, 0.25) is 21.7 Å². The highest BCUT2D eigenvalue weighted by atomic mass is 32.2. The minimum absolute atomic E-state index is 0.108. The van der Waals surface area contributed by atoms with Crippen molar-refractivity contribution in [2.45, 2.75) is 32.1 Å². The zero-order chi connectivity index (χ0) is 25.0. The standard InChI is InChI=1S/C24H30N6O4S/c1-4-22-26-23(27-34-22)19-9-12-21(25-17-19)28-13-15-29(16-14-28)24(31)18-7-10-20(11-8-18)35(32,33)30(5-2)6-3/h7-12,17H,4-6,13-16H2,1-3H3. The third kappa shape index (κ3) is 5.20. The lowest BCUT2D eigenvalue weighted by molar-refractivity contribution is 0.0746. The van der Waals surface area contributed by atoms with E-state index in [9.17, 15) is 13.2 Å². The number of pyridine rings is 1. The first-order chi connectivity index (χ1) is 16.9. The van der Waals surface area contributed by atoms with Crippen LogP contribution in [-0.4, -0.2) is 77.9 Å². The predicted octanol–water partition coefficient (Wildman–Crippen LogP) is 2.69. The lowest BCUT2D eigenvalue weighted by Gasteiger charge is -2.35. The maximum absolute atomic E-state index is 13.0. The molecule has 35 heavy (non-hydrogen) atoms. The van der Waals surface area contributed by atoms with Gasteiger partial charge in [0.05, 0.1) is 4.90 Å². The van der Waals surface area contributed by atoms with E-state index < -0.39 is 10.0 Å². The van der Waals surface area contributed by atoms with Gasteiger partial charge in [0, 0.05) is 63.0 Å². The van der Waals surface area contributed by atoms with Crippen molar-refractivity contribution in [2.24, 2.45) is 0 Å². The first-order valence-electron chi connectivity index (χ1n) is 11.8. The summed E-state index contributed by atoms with van der Waals surface area (Å²) >= 11 is 0. The van der Waals surface area contributed by atoms with Crippen LogP contribution in [0.5, 0.6) is 0 Å². The molecule has 3 aromatic rings. The third-order valence-electron chi connectivity index (χ3n) is 6.11. The number of rotatable bonds is 8. The summed E-state index contributed by atoms with van der Waals surface area (Å²) in [5, 5.41) is 3.97. The molecule has 0 radical (unpaired) electrons. The number of nitrogens with zero attached hydrogens (tertiary/aromatic N) is 6. The molecule has 0 N–H and O–H groups in total. The van der Waals surface area contributed by atoms with Crippen LogP contribution in [0.15, 0.2) is 52.0 Å². The monoisotopic (exact) mass is 498 g/mol. The fourth-order valence-electron chi connectivity index (χ4n) is 4.02. The molecule has 1 aromatic carbocycles. The van der Waals surface area contributed by atoms with E-state index in [2.05, 4.69) is 20.0 Å². The van der Waals surface area contributed by atoms with Crippen molar-refractivity contribution in [1.82, 2.24) is 24.3 Å². The lowest BCUT2D eigenvalue weighted by atomic mass is 10.2. The molecule has 0 aliphatic carbocycles. The van der Waals surface area contributed by atoms with E-state index in [-0.39, 0.29) is 10.8 Å². The number of benzene rings is 1. The first-order valence-corrected chi connectivity index (χ1v) is 13.2. The smallest absolute Gasteiger partial charge is 0.253 e. The fourth-order valence-corrected chi connectivity index (χ4v) is 5.48. The van der Waals surface area contributed by atoms with Gasteiger partial charge < -0.3 is 14.3 Å². The summed E-state index contributed by atoms with van der Waals surface area (Å²) < 4.78 is 31.9. The number of hydrogen-bond donors (Lipinski definition) is 0. The number of anilines is 1. The van der Waals surface area contributed by atoms with Crippen molar-refractivity contribution in [3.63, 3.8) is 0 Å². The van der Waals surface area contributed by atoms with Gasteiger partial charge in [-0.25, -0.2) is 13.4 Å². The Bertz CT molecular complexity index is 1250. The largest absolute Gasteiger partial charge is 0.353 e. The molecule has 10 nitrogen and oxygen atoms in total. The predicted molar refractivity (Wildman–Crippen MR) is 132 cm³/mol. The Morgan fingerprint density at radius 3 is 2.23 bits per heavy atom. The van der Waals surface area contributed by atoms with Gasteiger partial charge in [-0.2, -0.15) is 9.29 Å². The van der Waals surface area contributed by atoms with Gasteiger partial charge in [-0.3, -0.25) is 4.79 Å². The number of aromatic nitrogens is 3. The highest BCUT2D eigenvalue weighted by molar-refractivity contribution is 7.89. The fraction of sp³-hybridized carbons (Fsp3) is 0.417. The molecular formula is C24H30N6O4S. The number of carbonyl (C=O) groups is 1. The van der Waals surface area contributed by atoms with Gasteiger partial charge in [-0.15, -0.1) is 0 Å². The number of aryl methyl sites for hydroxylation is 1. The molecular weight excluding hydrogens is 468 g/mol. The Hall–Kier alpha value is -3.31. The SMILES string of the molecule is CCc1nc(-c2ccc(N3CCN(C(=O)c4ccc(S(=O)(=O)N(CC)CC)cc4)CC3)nc2)no1. The van der Waals surface area contributed by atoms with Crippen molar-refractivity contribution in [3.8, 4) is 11.4 Å². The zero-order valence-electron chi connectivity index (χ0n) is 20.2. The minimum Gasteiger partial charge on any atom is -0.353 e. The molecule has 186 valence electrons. The van der Waals surface area contributed by atoms with E-state index >= 15 is 0 Å². The first kappa shape index (κ1) is 24.8. The van der Waals surface area contributed by atoms with Gasteiger partial charge in [0.15, 0.2) is 0 Å². The summed E-state index contributed by atoms with van der Waals surface area (Å²) in [5.41, 5.74) is 1.27. The van der Waals surface area contributed by atoms with Crippen molar-refractivity contribution < 1.29 is 17.7 Å². The summed E-state index contributed by atoms with van der Waals surface area (Å²) in [6.45, 7) is 8.76. The van der Waals surface area contributed by atoms with Crippen LogP contribution in [0.4, 0.5) is 5.82 Å². The van der Waals surface area contributed by atoms with Crippen LogP contribution in [0.1, 0.15) is 37.0 Å². The summed E-state index contributed by atoms with van der Waals surface area (Å²) in [6, 6.07) is 10.0. The van der Waals surface area contributed by atoms with Crippen molar-refractivity contribution in [3.05, 3.63) is 54.0 Å². The number of sulfonamides is 1. The van der Waals surface area contributed by atoms with Crippen molar-refractivity contribution in [1.29, 1.82) is 0 Å². The molecule has 0 spiro atoms. The van der Waals surface area contributed by atoms with E-state index in [1.165, 1.54) is 16.4 Å². The van der Waals surface area contributed by atoms with Crippen LogP contribution in [0.3, 0.4) is 0 Å². The molecule has 0 saturated carbocycles. The van der Waals surface area contributed by atoms with Crippen molar-refractivity contribution in [2.75, 3.05) is 44.2 Å². The molecule has 2 aromatic heterocycles. The molecule has 1 aliphatic heterocycles. The Balaban J connectivity index is 1.36. The number of amides is 1. The highest BCUT2D eigenvalue weighted by Crippen LogP contribution is 2.21. The van der Waals surface area contributed by atoms with Gasteiger partial charge in [-0.1, -0.05) is 25.9 Å². The van der Waals surface area contributed by atoms with Crippen molar-refractivity contribution >= 4 is 21.7 Å². The molecule has 0 unspecified atom stereocenters. The molecule has 3 heterocycles. The normalized spacial score (nSPS) is 14.5. The molecule has 0 bridgehead atoms. The van der Waals surface area contributed by atoms with Crippen LogP contribution in [0, 0.1) is 0 Å². The lowest BCUT2D eigenvalue weighted by Crippen LogP contribution is -2.49. The van der Waals surface area contributed by atoms with E-state index in [0.29, 0.717) is 63.0 Å². The van der Waals surface area contributed by atoms with Gasteiger partial charge in [0.25, 0.3) is 5.91 Å². The second kappa shape index (κ2) is 10.5. The highest BCUT2D eigenvalue weighted by Gasteiger charge is 2.25. The average molecular weight is 499 g/mol. The second-order valence-corrected chi connectivity index (χ2v) is 10.1. The van der Waals surface area contributed by atoms with E-state index in [1.807, 2.05) is 19.1 Å². The molecule has 0 atom stereocenters. The second-order valence-electron chi connectivity index (χ2n) is 8.16. The molecule has 1 aliphatic rings. The van der Waals surface area contributed by atoms with Crippen LogP contribution < -0.4 is 4.90 Å². The summed E-state index contributed by atoms with van der Waals surface area (Å²) in [4.78, 5) is 26.0. The van der Waals surface area contributed by atoms with Gasteiger partial charge in [-0.05, 0) is 36.4 Å². The molecule has 11 heteroatoms. The van der Waals surface area contributed by atoms with Crippen LogP contribution >= 0.6 is 0 Å². The number of hydrogen-bond acceptors (Lipinski definition) is 8. The average Bonchev–Trinajstić information content (AvgIpc) is 3.39. The third-order valence-corrected chi connectivity index (χ3v) is 8.18. The minimum atomic E-state index is -3.55. The summed E-state index contributed by atoms with van der Waals surface area (Å²) in [6.07, 6.45) is 2.41. The Labute approximate surface area is 205 Å². The Kier molecular flexibility index (Phi) is 7.46. The Morgan fingerprint density at radius 1 is 1.00 bits per heavy atom. The maximum atomic E-state index is 13.0. The van der Waals surface area contributed by atoms with E-state index in [0.717, 1.165) is 11.4 Å².